The van der Waals surface area contributed by atoms with E-state index >= 15 is 0 Å². The van der Waals surface area contributed by atoms with Crippen LogP contribution in [0.25, 0.3) is 10.8 Å². The summed E-state index contributed by atoms with van der Waals surface area (Å²) in [5.74, 6) is 0.831. The standard InChI is InChI=1S/C22H18N2O2/c1-24-20-18-8-4-5-9-19(18)25-14-22(20,13-23)21(26-24)17-11-10-15-6-2-3-7-16(15)12-17/h2-12,20-21H,14H2,1H3/t20-,21-,22+/m0/s1. The highest BCUT2D eigenvalue weighted by Crippen LogP contribution is 2.58. The van der Waals surface area contributed by atoms with Crippen molar-refractivity contribution in [2.24, 2.45) is 5.41 Å². The number of nitriles is 1. The highest BCUT2D eigenvalue weighted by Gasteiger charge is 2.60. The van der Waals surface area contributed by atoms with Gasteiger partial charge in [0.15, 0.2) is 0 Å². The van der Waals surface area contributed by atoms with Gasteiger partial charge in [0.05, 0.1) is 12.1 Å². The van der Waals surface area contributed by atoms with Crippen LogP contribution in [0.2, 0.25) is 0 Å². The van der Waals surface area contributed by atoms with Crippen molar-refractivity contribution in [3.8, 4) is 11.8 Å². The predicted octanol–water partition coefficient (Wildman–Crippen LogP) is 4.40. The lowest BCUT2D eigenvalue weighted by molar-refractivity contribution is -0.147. The number of hydroxylamine groups is 2. The molecule has 3 aromatic carbocycles. The topological polar surface area (TPSA) is 45.5 Å². The molecule has 0 spiro atoms. The minimum Gasteiger partial charge on any atom is -0.491 e. The van der Waals surface area contributed by atoms with Gasteiger partial charge in [-0.15, -0.1) is 0 Å². The Morgan fingerprint density at radius 1 is 1.04 bits per heavy atom. The third-order valence-corrected chi connectivity index (χ3v) is 5.56. The SMILES string of the molecule is CN1O[C@@H](c2ccc3ccccc3c2)[C@]2(C#N)COc3ccccc3[C@H]12. The molecule has 3 atom stereocenters. The Balaban J connectivity index is 1.65. The van der Waals surface area contributed by atoms with Crippen LogP contribution in [-0.2, 0) is 4.84 Å². The molecule has 4 nitrogen and oxygen atoms in total. The molecule has 4 heteroatoms. The summed E-state index contributed by atoms with van der Waals surface area (Å²) >= 11 is 0. The molecule has 5 rings (SSSR count). The van der Waals surface area contributed by atoms with Crippen molar-refractivity contribution >= 4 is 10.8 Å². The van der Waals surface area contributed by atoms with Crippen molar-refractivity contribution in [1.29, 1.82) is 5.26 Å². The van der Waals surface area contributed by atoms with Crippen molar-refractivity contribution < 1.29 is 9.57 Å². The van der Waals surface area contributed by atoms with E-state index in [0.29, 0.717) is 6.61 Å². The first-order chi connectivity index (χ1) is 12.7. The second kappa shape index (κ2) is 5.57. The first-order valence-electron chi connectivity index (χ1n) is 8.74. The maximum atomic E-state index is 10.2. The van der Waals surface area contributed by atoms with Crippen molar-refractivity contribution in [2.45, 2.75) is 12.1 Å². The molecule has 2 aliphatic rings. The Labute approximate surface area is 152 Å². The van der Waals surface area contributed by atoms with Crippen LogP contribution in [0.4, 0.5) is 0 Å². The summed E-state index contributed by atoms with van der Waals surface area (Å²) in [6, 6.07) is 24.8. The molecule has 1 fully saturated rings. The molecule has 2 aliphatic heterocycles. The highest BCUT2D eigenvalue weighted by molar-refractivity contribution is 5.83. The number of rotatable bonds is 1. The normalized spacial score (nSPS) is 27.4. The van der Waals surface area contributed by atoms with Gasteiger partial charge in [-0.3, -0.25) is 4.84 Å². The maximum absolute atomic E-state index is 10.2. The molecule has 0 bridgehead atoms. The lowest BCUT2D eigenvalue weighted by atomic mass is 9.71. The first kappa shape index (κ1) is 15.4. The molecule has 0 unspecified atom stereocenters. The summed E-state index contributed by atoms with van der Waals surface area (Å²) in [5.41, 5.74) is 1.22. The van der Waals surface area contributed by atoms with E-state index in [4.69, 9.17) is 9.57 Å². The van der Waals surface area contributed by atoms with Crippen LogP contribution in [-0.4, -0.2) is 18.7 Å². The van der Waals surface area contributed by atoms with Crippen molar-refractivity contribution in [3.63, 3.8) is 0 Å². The van der Waals surface area contributed by atoms with Gasteiger partial charge in [0, 0.05) is 12.6 Å². The third kappa shape index (κ3) is 2.02. The highest BCUT2D eigenvalue weighted by atomic mass is 16.7. The van der Waals surface area contributed by atoms with Crippen LogP contribution in [0.5, 0.6) is 5.75 Å². The zero-order chi connectivity index (χ0) is 17.7. The average molecular weight is 342 g/mol. The van der Waals surface area contributed by atoms with E-state index in [2.05, 4.69) is 36.4 Å². The fraction of sp³-hybridized carbons (Fsp3) is 0.227. The monoisotopic (exact) mass is 342 g/mol. The number of hydrogen-bond acceptors (Lipinski definition) is 4. The van der Waals surface area contributed by atoms with E-state index in [9.17, 15) is 5.26 Å². The Hall–Kier alpha value is -2.87. The van der Waals surface area contributed by atoms with E-state index in [-0.39, 0.29) is 12.1 Å². The van der Waals surface area contributed by atoms with Crippen molar-refractivity contribution in [1.82, 2.24) is 5.06 Å². The molecule has 3 aromatic rings. The molecule has 0 N–H and O–H groups in total. The second-order valence-electron chi connectivity index (χ2n) is 7.02. The van der Waals surface area contributed by atoms with Gasteiger partial charge in [-0.1, -0.05) is 54.6 Å². The third-order valence-electron chi connectivity index (χ3n) is 5.56. The largest absolute Gasteiger partial charge is 0.491 e. The van der Waals surface area contributed by atoms with Gasteiger partial charge in [-0.25, -0.2) is 0 Å². The smallest absolute Gasteiger partial charge is 0.145 e. The summed E-state index contributed by atoms with van der Waals surface area (Å²) < 4.78 is 5.99. The summed E-state index contributed by atoms with van der Waals surface area (Å²) in [6.45, 7) is 0.313. The molecule has 0 radical (unpaired) electrons. The van der Waals surface area contributed by atoms with Crippen LogP contribution in [0, 0.1) is 16.7 Å². The minimum absolute atomic E-state index is 0.158. The summed E-state index contributed by atoms with van der Waals surface area (Å²) in [5, 5.41) is 14.3. The molecule has 2 heterocycles. The zero-order valence-electron chi connectivity index (χ0n) is 14.4. The van der Waals surface area contributed by atoms with Gasteiger partial charge >= 0.3 is 0 Å². The van der Waals surface area contributed by atoms with E-state index in [1.165, 1.54) is 5.39 Å². The zero-order valence-corrected chi connectivity index (χ0v) is 14.4. The number of ether oxygens (including phenoxy) is 1. The van der Waals surface area contributed by atoms with Crippen LogP contribution in [0.15, 0.2) is 66.7 Å². The van der Waals surface area contributed by atoms with Crippen LogP contribution < -0.4 is 4.74 Å². The lowest BCUT2D eigenvalue weighted by Gasteiger charge is -2.37. The molecule has 0 aliphatic carbocycles. The fourth-order valence-corrected chi connectivity index (χ4v) is 4.33. The molecule has 0 amide bonds. The summed E-state index contributed by atoms with van der Waals surface area (Å²) in [6.07, 6.45) is -0.375. The Bertz CT molecular complexity index is 1040. The lowest BCUT2D eigenvalue weighted by Crippen LogP contribution is -2.40. The molecule has 1 saturated heterocycles. The van der Waals surface area contributed by atoms with Gasteiger partial charge in [-0.2, -0.15) is 10.3 Å². The average Bonchev–Trinajstić information content (AvgIpc) is 3.01. The van der Waals surface area contributed by atoms with E-state index in [1.807, 2.05) is 48.5 Å². The summed E-state index contributed by atoms with van der Waals surface area (Å²) in [7, 11) is 1.90. The predicted molar refractivity (Wildman–Crippen MR) is 98.3 cm³/mol. The molecular formula is C22H18N2O2. The van der Waals surface area contributed by atoms with Gasteiger partial charge in [-0.05, 0) is 28.5 Å². The van der Waals surface area contributed by atoms with Crippen LogP contribution >= 0.6 is 0 Å². The van der Waals surface area contributed by atoms with Gasteiger partial charge in [0.1, 0.15) is 23.9 Å². The van der Waals surface area contributed by atoms with Crippen LogP contribution in [0.1, 0.15) is 23.3 Å². The van der Waals surface area contributed by atoms with E-state index in [0.717, 1.165) is 22.3 Å². The number of fused-ring (bicyclic) bond motifs is 4. The number of benzene rings is 3. The van der Waals surface area contributed by atoms with Gasteiger partial charge in [0.2, 0.25) is 0 Å². The second-order valence-corrected chi connectivity index (χ2v) is 7.02. The first-order valence-corrected chi connectivity index (χ1v) is 8.74. The summed E-state index contributed by atoms with van der Waals surface area (Å²) in [4.78, 5) is 6.23. The number of nitrogens with zero attached hydrogens (tertiary/aromatic N) is 2. The minimum atomic E-state index is -0.786. The maximum Gasteiger partial charge on any atom is 0.145 e. The fourth-order valence-electron chi connectivity index (χ4n) is 4.33. The molecule has 26 heavy (non-hydrogen) atoms. The van der Waals surface area contributed by atoms with Crippen LogP contribution in [0.3, 0.4) is 0 Å². The van der Waals surface area contributed by atoms with Crippen molar-refractivity contribution in [3.05, 3.63) is 77.9 Å². The Kier molecular flexibility index (Phi) is 3.30. The van der Waals surface area contributed by atoms with E-state index < -0.39 is 5.41 Å². The molecule has 128 valence electrons. The number of para-hydroxylation sites is 1. The Morgan fingerprint density at radius 3 is 2.65 bits per heavy atom. The quantitative estimate of drug-likeness (QED) is 0.657. The Morgan fingerprint density at radius 2 is 1.81 bits per heavy atom. The van der Waals surface area contributed by atoms with Crippen molar-refractivity contribution in [2.75, 3.05) is 13.7 Å². The number of hydrogen-bond donors (Lipinski definition) is 0. The van der Waals surface area contributed by atoms with E-state index in [1.54, 1.807) is 0 Å². The molecule has 0 saturated carbocycles. The molecular weight excluding hydrogens is 324 g/mol. The van der Waals surface area contributed by atoms with Gasteiger partial charge in [0.25, 0.3) is 0 Å². The molecule has 0 aromatic heterocycles. The van der Waals surface area contributed by atoms with Gasteiger partial charge < -0.3 is 4.74 Å².